The Morgan fingerprint density at radius 2 is 2.18 bits per heavy atom. The molecule has 2 nitrogen and oxygen atoms in total. The Balaban J connectivity index is 2.66. The van der Waals surface area contributed by atoms with Crippen molar-refractivity contribution in [2.45, 2.75) is 37.8 Å². The van der Waals surface area contributed by atoms with Gasteiger partial charge in [-0.1, -0.05) is 25.4 Å². The van der Waals surface area contributed by atoms with Crippen molar-refractivity contribution in [1.82, 2.24) is 5.32 Å². The van der Waals surface area contributed by atoms with Gasteiger partial charge in [0.1, 0.15) is 0 Å². The van der Waals surface area contributed by atoms with Crippen molar-refractivity contribution in [3.05, 3.63) is 28.8 Å². The van der Waals surface area contributed by atoms with E-state index < -0.39 is 0 Å². The van der Waals surface area contributed by atoms with E-state index in [2.05, 4.69) is 25.2 Å². The Bertz CT molecular complexity index is 344. The molecule has 1 aromatic rings. The van der Waals surface area contributed by atoms with Gasteiger partial charge in [0.25, 0.3) is 0 Å². The van der Waals surface area contributed by atoms with Gasteiger partial charge in [-0.15, -0.1) is 11.8 Å². The number of benzene rings is 1. The first-order chi connectivity index (χ1) is 8.13. The maximum atomic E-state index is 8.79. The third-order valence-corrected chi connectivity index (χ3v) is 3.72. The summed E-state index contributed by atoms with van der Waals surface area (Å²) in [7, 11) is 0. The van der Waals surface area contributed by atoms with Crippen LogP contribution in [0.15, 0.2) is 23.1 Å². The molecule has 17 heavy (non-hydrogen) atoms. The Labute approximate surface area is 113 Å². The summed E-state index contributed by atoms with van der Waals surface area (Å²) < 4.78 is 0. The zero-order valence-electron chi connectivity index (χ0n) is 10.4. The Morgan fingerprint density at radius 3 is 2.82 bits per heavy atom. The third kappa shape index (κ3) is 5.77. The van der Waals surface area contributed by atoms with Crippen molar-refractivity contribution >= 4 is 23.4 Å². The molecule has 0 unspecified atom stereocenters. The maximum absolute atomic E-state index is 8.79. The summed E-state index contributed by atoms with van der Waals surface area (Å²) in [5, 5.41) is 13.0. The molecular formula is C13H20ClNOS. The molecule has 1 aromatic carbocycles. The highest BCUT2D eigenvalue weighted by molar-refractivity contribution is 7.99. The molecule has 0 fully saturated rings. The molecule has 0 heterocycles. The lowest BCUT2D eigenvalue weighted by Crippen LogP contribution is -2.22. The first kappa shape index (κ1) is 14.8. The van der Waals surface area contributed by atoms with Gasteiger partial charge in [-0.05, 0) is 30.2 Å². The molecule has 0 aliphatic rings. The van der Waals surface area contributed by atoms with E-state index in [0.717, 1.165) is 23.7 Å². The summed E-state index contributed by atoms with van der Waals surface area (Å²) in [5.41, 5.74) is 1.23. The first-order valence-corrected chi connectivity index (χ1v) is 7.25. The number of halogens is 1. The number of aliphatic hydroxyl groups is 1. The van der Waals surface area contributed by atoms with Crippen molar-refractivity contribution in [1.29, 1.82) is 0 Å². The van der Waals surface area contributed by atoms with E-state index in [1.54, 1.807) is 11.8 Å². The predicted molar refractivity (Wildman–Crippen MR) is 75.9 cm³/mol. The zero-order valence-corrected chi connectivity index (χ0v) is 11.9. The van der Waals surface area contributed by atoms with Gasteiger partial charge in [-0.3, -0.25) is 0 Å². The van der Waals surface area contributed by atoms with Crippen LogP contribution in [0.25, 0.3) is 0 Å². The summed E-state index contributed by atoms with van der Waals surface area (Å²) in [6.07, 6.45) is 0.824. The third-order valence-electron chi connectivity index (χ3n) is 2.28. The van der Waals surface area contributed by atoms with E-state index in [4.69, 9.17) is 16.7 Å². The van der Waals surface area contributed by atoms with Crippen molar-refractivity contribution in [2.24, 2.45) is 0 Å². The zero-order chi connectivity index (χ0) is 12.7. The summed E-state index contributed by atoms with van der Waals surface area (Å²) in [4.78, 5) is 1.25. The molecule has 1 rings (SSSR count). The first-order valence-electron chi connectivity index (χ1n) is 5.89. The van der Waals surface area contributed by atoms with Gasteiger partial charge in [-0.25, -0.2) is 0 Å². The molecule has 0 aromatic heterocycles. The quantitative estimate of drug-likeness (QED) is 0.591. The number of rotatable bonds is 7. The summed E-state index contributed by atoms with van der Waals surface area (Å²) >= 11 is 7.79. The van der Waals surface area contributed by atoms with Crippen LogP contribution in [0.1, 0.15) is 25.8 Å². The molecule has 0 aliphatic heterocycles. The SMILES string of the molecule is CC(C)NCc1cc(Cl)ccc1SCCCO. The van der Waals surface area contributed by atoms with Gasteiger partial charge in [0.05, 0.1) is 0 Å². The van der Waals surface area contributed by atoms with Gasteiger partial charge < -0.3 is 10.4 Å². The monoisotopic (exact) mass is 273 g/mol. The predicted octanol–water partition coefficient (Wildman–Crippen LogP) is 3.31. The van der Waals surface area contributed by atoms with Crippen LogP contribution in [0.2, 0.25) is 5.02 Å². The number of aliphatic hydroxyl groups excluding tert-OH is 1. The molecule has 96 valence electrons. The lowest BCUT2D eigenvalue weighted by atomic mass is 10.2. The lowest BCUT2D eigenvalue weighted by Gasteiger charge is -2.12. The molecule has 0 atom stereocenters. The number of nitrogens with one attached hydrogen (secondary N) is 1. The van der Waals surface area contributed by atoms with Crippen molar-refractivity contribution in [3.63, 3.8) is 0 Å². The fourth-order valence-corrected chi connectivity index (χ4v) is 2.56. The molecule has 0 saturated heterocycles. The normalized spacial score (nSPS) is 11.1. The number of hydrogen-bond acceptors (Lipinski definition) is 3. The van der Waals surface area contributed by atoms with Gasteiger partial charge in [-0.2, -0.15) is 0 Å². The van der Waals surface area contributed by atoms with E-state index in [-0.39, 0.29) is 6.61 Å². The minimum Gasteiger partial charge on any atom is -0.396 e. The van der Waals surface area contributed by atoms with Crippen molar-refractivity contribution in [2.75, 3.05) is 12.4 Å². The highest BCUT2D eigenvalue weighted by Gasteiger charge is 2.05. The lowest BCUT2D eigenvalue weighted by molar-refractivity contribution is 0.296. The van der Waals surface area contributed by atoms with Gasteiger partial charge in [0.2, 0.25) is 0 Å². The molecule has 4 heteroatoms. The molecule has 0 spiro atoms. The minimum atomic E-state index is 0.250. The molecule has 0 saturated carbocycles. The van der Waals surface area contributed by atoms with Crippen LogP contribution in [-0.4, -0.2) is 23.5 Å². The highest BCUT2D eigenvalue weighted by atomic mass is 35.5. The maximum Gasteiger partial charge on any atom is 0.0439 e. The molecule has 0 aliphatic carbocycles. The van der Waals surface area contributed by atoms with E-state index >= 15 is 0 Å². The van der Waals surface area contributed by atoms with E-state index in [1.807, 2.05) is 12.1 Å². The van der Waals surface area contributed by atoms with Crippen LogP contribution in [0.4, 0.5) is 0 Å². The van der Waals surface area contributed by atoms with Gasteiger partial charge in [0, 0.05) is 34.9 Å². The second kappa shape index (κ2) is 7.98. The average Bonchev–Trinajstić information content (AvgIpc) is 2.29. The Hall–Kier alpha value is -0.220. The van der Waals surface area contributed by atoms with E-state index in [0.29, 0.717) is 6.04 Å². The summed E-state index contributed by atoms with van der Waals surface area (Å²) in [5.74, 6) is 0.937. The van der Waals surface area contributed by atoms with Crippen LogP contribution in [0, 0.1) is 0 Å². The molecule has 2 N–H and O–H groups in total. The summed E-state index contributed by atoms with van der Waals surface area (Å²) in [6.45, 7) is 5.34. The molecule has 0 bridgehead atoms. The van der Waals surface area contributed by atoms with Crippen LogP contribution < -0.4 is 5.32 Å². The second-order valence-electron chi connectivity index (χ2n) is 4.21. The van der Waals surface area contributed by atoms with Gasteiger partial charge in [0.15, 0.2) is 0 Å². The van der Waals surface area contributed by atoms with Crippen LogP contribution >= 0.6 is 23.4 Å². The average molecular weight is 274 g/mol. The smallest absolute Gasteiger partial charge is 0.0439 e. The molecule has 0 amide bonds. The number of hydrogen-bond donors (Lipinski definition) is 2. The molecule has 0 radical (unpaired) electrons. The Kier molecular flexibility index (Phi) is 6.97. The Morgan fingerprint density at radius 1 is 1.41 bits per heavy atom. The standard InChI is InChI=1S/C13H20ClNOS/c1-10(2)15-9-11-8-12(14)4-5-13(11)17-7-3-6-16/h4-5,8,10,15-16H,3,6-7,9H2,1-2H3. The second-order valence-corrected chi connectivity index (χ2v) is 5.79. The van der Waals surface area contributed by atoms with Gasteiger partial charge >= 0.3 is 0 Å². The largest absolute Gasteiger partial charge is 0.396 e. The number of thioether (sulfide) groups is 1. The summed E-state index contributed by atoms with van der Waals surface area (Å²) in [6, 6.07) is 6.45. The van der Waals surface area contributed by atoms with E-state index in [1.165, 1.54) is 10.5 Å². The molecular weight excluding hydrogens is 254 g/mol. The minimum absolute atomic E-state index is 0.250. The van der Waals surface area contributed by atoms with Crippen LogP contribution in [-0.2, 0) is 6.54 Å². The fourth-order valence-electron chi connectivity index (χ4n) is 1.39. The topological polar surface area (TPSA) is 32.3 Å². The van der Waals surface area contributed by atoms with E-state index in [9.17, 15) is 0 Å². The van der Waals surface area contributed by atoms with Crippen molar-refractivity contribution < 1.29 is 5.11 Å². The highest BCUT2D eigenvalue weighted by Crippen LogP contribution is 2.26. The van der Waals surface area contributed by atoms with Crippen LogP contribution in [0.5, 0.6) is 0 Å². The fraction of sp³-hybridized carbons (Fsp3) is 0.538. The van der Waals surface area contributed by atoms with Crippen LogP contribution in [0.3, 0.4) is 0 Å². The van der Waals surface area contributed by atoms with Crippen molar-refractivity contribution in [3.8, 4) is 0 Å².